The summed E-state index contributed by atoms with van der Waals surface area (Å²) in [5, 5.41) is 13.3. The summed E-state index contributed by atoms with van der Waals surface area (Å²) in [5.74, 6) is 0.788. The topological polar surface area (TPSA) is 32.3 Å². The van der Waals surface area contributed by atoms with Crippen LogP contribution in [0, 0.1) is 5.92 Å². The number of rotatable bonds is 3. The molecule has 2 N–H and O–H groups in total. The number of aliphatic hydroxyl groups excluding tert-OH is 1. The van der Waals surface area contributed by atoms with E-state index < -0.39 is 0 Å². The van der Waals surface area contributed by atoms with E-state index in [9.17, 15) is 5.11 Å². The van der Waals surface area contributed by atoms with Crippen LogP contribution in [0.3, 0.4) is 0 Å². The molecule has 2 rings (SSSR count). The molecule has 2 aliphatic carbocycles. The summed E-state index contributed by atoms with van der Waals surface area (Å²) in [6.07, 6.45) is 8.98. The van der Waals surface area contributed by atoms with E-state index in [-0.39, 0.29) is 5.54 Å². The first-order valence-corrected chi connectivity index (χ1v) is 6.13. The van der Waals surface area contributed by atoms with Gasteiger partial charge in [-0.25, -0.2) is 0 Å². The van der Waals surface area contributed by atoms with Gasteiger partial charge < -0.3 is 10.4 Å². The van der Waals surface area contributed by atoms with Gasteiger partial charge in [0.05, 0.1) is 6.61 Å². The van der Waals surface area contributed by atoms with Crippen LogP contribution in [0.25, 0.3) is 0 Å². The van der Waals surface area contributed by atoms with Crippen molar-refractivity contribution in [2.75, 3.05) is 6.61 Å². The minimum Gasteiger partial charge on any atom is -0.394 e. The molecule has 2 saturated carbocycles. The predicted molar refractivity (Wildman–Crippen MR) is 58.2 cm³/mol. The van der Waals surface area contributed by atoms with Crippen molar-refractivity contribution in [3.8, 4) is 0 Å². The quantitative estimate of drug-likeness (QED) is 0.726. The Morgan fingerprint density at radius 3 is 2.50 bits per heavy atom. The molecule has 0 spiro atoms. The Kier molecular flexibility index (Phi) is 3.13. The normalized spacial score (nSPS) is 39.4. The molecule has 0 aliphatic heterocycles. The summed E-state index contributed by atoms with van der Waals surface area (Å²) in [5.41, 5.74) is 0.0778. The van der Waals surface area contributed by atoms with Gasteiger partial charge in [0.1, 0.15) is 0 Å². The van der Waals surface area contributed by atoms with Gasteiger partial charge in [0.2, 0.25) is 0 Å². The molecule has 0 heterocycles. The number of aliphatic hydroxyl groups is 1. The van der Waals surface area contributed by atoms with Crippen LogP contribution in [0.2, 0.25) is 0 Å². The van der Waals surface area contributed by atoms with Crippen LogP contribution >= 0.6 is 0 Å². The fourth-order valence-electron chi connectivity index (χ4n) is 3.22. The lowest BCUT2D eigenvalue weighted by Crippen LogP contribution is -2.50. The minimum atomic E-state index is 0.0778. The second-order valence-corrected chi connectivity index (χ2v) is 5.41. The Bertz CT molecular complexity index is 189. The summed E-state index contributed by atoms with van der Waals surface area (Å²) < 4.78 is 0. The van der Waals surface area contributed by atoms with E-state index in [1.54, 1.807) is 0 Å². The second-order valence-electron chi connectivity index (χ2n) is 5.41. The molecular formula is C12H23NO. The van der Waals surface area contributed by atoms with Crippen molar-refractivity contribution in [1.29, 1.82) is 0 Å². The highest BCUT2D eigenvalue weighted by Crippen LogP contribution is 2.35. The maximum absolute atomic E-state index is 9.53. The van der Waals surface area contributed by atoms with E-state index in [0.29, 0.717) is 12.6 Å². The Morgan fingerprint density at radius 1 is 1.29 bits per heavy atom. The molecule has 2 atom stereocenters. The SMILES string of the molecule is CC1CCC(CO)(NC2CCCC2)C1. The zero-order valence-electron chi connectivity index (χ0n) is 9.26. The fraction of sp³-hybridized carbons (Fsp3) is 1.00. The molecular weight excluding hydrogens is 174 g/mol. The van der Waals surface area contributed by atoms with Crippen molar-refractivity contribution in [2.24, 2.45) is 5.92 Å². The largest absolute Gasteiger partial charge is 0.394 e. The number of nitrogens with one attached hydrogen (secondary N) is 1. The van der Waals surface area contributed by atoms with Crippen LogP contribution in [-0.4, -0.2) is 23.3 Å². The van der Waals surface area contributed by atoms with E-state index in [2.05, 4.69) is 12.2 Å². The van der Waals surface area contributed by atoms with Crippen molar-refractivity contribution in [1.82, 2.24) is 5.32 Å². The van der Waals surface area contributed by atoms with Crippen LogP contribution in [0.1, 0.15) is 51.9 Å². The third-order valence-corrected chi connectivity index (χ3v) is 4.02. The molecule has 0 amide bonds. The van der Waals surface area contributed by atoms with E-state index in [1.165, 1.54) is 44.9 Å². The molecule has 0 aromatic heterocycles. The molecule has 2 fully saturated rings. The van der Waals surface area contributed by atoms with Crippen molar-refractivity contribution in [3.05, 3.63) is 0 Å². The van der Waals surface area contributed by atoms with Crippen molar-refractivity contribution in [2.45, 2.75) is 63.5 Å². The first kappa shape index (κ1) is 10.4. The zero-order valence-corrected chi connectivity index (χ0v) is 9.26. The maximum Gasteiger partial charge on any atom is 0.0613 e. The van der Waals surface area contributed by atoms with Gasteiger partial charge in [-0.1, -0.05) is 19.8 Å². The lowest BCUT2D eigenvalue weighted by Gasteiger charge is -2.32. The highest BCUT2D eigenvalue weighted by Gasteiger charge is 2.38. The predicted octanol–water partition coefficient (Wildman–Crippen LogP) is 2.07. The summed E-state index contributed by atoms with van der Waals surface area (Å²) in [6, 6.07) is 0.687. The molecule has 2 nitrogen and oxygen atoms in total. The van der Waals surface area contributed by atoms with Crippen LogP contribution < -0.4 is 5.32 Å². The average molecular weight is 197 g/mol. The first-order chi connectivity index (χ1) is 6.74. The van der Waals surface area contributed by atoms with Crippen molar-refractivity contribution in [3.63, 3.8) is 0 Å². The average Bonchev–Trinajstić information content (AvgIpc) is 2.77. The Balaban J connectivity index is 1.91. The monoisotopic (exact) mass is 197 g/mol. The molecule has 0 radical (unpaired) electrons. The summed E-state index contributed by atoms with van der Waals surface area (Å²) in [7, 11) is 0. The van der Waals surface area contributed by atoms with Gasteiger partial charge in [0.25, 0.3) is 0 Å². The third kappa shape index (κ3) is 2.12. The van der Waals surface area contributed by atoms with Crippen LogP contribution in [0.4, 0.5) is 0 Å². The van der Waals surface area contributed by atoms with Gasteiger partial charge in [-0.2, -0.15) is 0 Å². The van der Waals surface area contributed by atoms with Gasteiger partial charge in [0.15, 0.2) is 0 Å². The Morgan fingerprint density at radius 2 is 2.00 bits per heavy atom. The molecule has 14 heavy (non-hydrogen) atoms. The van der Waals surface area contributed by atoms with E-state index >= 15 is 0 Å². The Labute approximate surface area is 87.1 Å². The van der Waals surface area contributed by atoms with Gasteiger partial charge >= 0.3 is 0 Å². The summed E-state index contributed by atoms with van der Waals surface area (Å²) in [4.78, 5) is 0. The smallest absolute Gasteiger partial charge is 0.0613 e. The summed E-state index contributed by atoms with van der Waals surface area (Å²) in [6.45, 7) is 2.63. The van der Waals surface area contributed by atoms with Gasteiger partial charge in [0, 0.05) is 11.6 Å². The van der Waals surface area contributed by atoms with Crippen molar-refractivity contribution < 1.29 is 5.11 Å². The zero-order chi connectivity index (χ0) is 10.0. The van der Waals surface area contributed by atoms with Crippen LogP contribution in [-0.2, 0) is 0 Å². The maximum atomic E-state index is 9.53. The number of hydrogen-bond donors (Lipinski definition) is 2. The van der Waals surface area contributed by atoms with E-state index in [0.717, 1.165) is 5.92 Å². The highest BCUT2D eigenvalue weighted by atomic mass is 16.3. The Hall–Kier alpha value is -0.0800. The highest BCUT2D eigenvalue weighted by molar-refractivity contribution is 4.97. The molecule has 2 unspecified atom stereocenters. The third-order valence-electron chi connectivity index (χ3n) is 4.02. The van der Waals surface area contributed by atoms with Gasteiger partial charge in [-0.3, -0.25) is 0 Å². The van der Waals surface area contributed by atoms with E-state index in [4.69, 9.17) is 0 Å². The molecule has 0 bridgehead atoms. The second kappa shape index (κ2) is 4.19. The molecule has 2 aliphatic rings. The van der Waals surface area contributed by atoms with Crippen LogP contribution in [0.5, 0.6) is 0 Å². The van der Waals surface area contributed by atoms with Crippen molar-refractivity contribution >= 4 is 0 Å². The fourth-order valence-corrected chi connectivity index (χ4v) is 3.22. The summed E-state index contributed by atoms with van der Waals surface area (Å²) >= 11 is 0. The van der Waals surface area contributed by atoms with Gasteiger partial charge in [-0.15, -0.1) is 0 Å². The standard InChI is InChI=1S/C12H23NO/c1-10-6-7-12(8-10,9-14)13-11-4-2-3-5-11/h10-11,13-14H,2-9H2,1H3. The number of hydrogen-bond acceptors (Lipinski definition) is 2. The minimum absolute atomic E-state index is 0.0778. The van der Waals surface area contributed by atoms with Crippen LogP contribution in [0.15, 0.2) is 0 Å². The molecule has 0 saturated heterocycles. The lowest BCUT2D eigenvalue weighted by molar-refractivity contribution is 0.148. The molecule has 0 aromatic rings. The lowest BCUT2D eigenvalue weighted by atomic mass is 9.95. The molecule has 2 heteroatoms. The molecule has 82 valence electrons. The van der Waals surface area contributed by atoms with E-state index in [1.807, 2.05) is 0 Å². The molecule has 0 aromatic carbocycles. The van der Waals surface area contributed by atoms with Gasteiger partial charge in [-0.05, 0) is 38.0 Å². The first-order valence-electron chi connectivity index (χ1n) is 6.13.